The molecule has 1 unspecified atom stereocenters. The van der Waals surface area contributed by atoms with E-state index in [1.807, 2.05) is 38.2 Å². The van der Waals surface area contributed by atoms with Crippen LogP contribution < -0.4 is 15.8 Å². The zero-order valence-electron chi connectivity index (χ0n) is 12.0. The number of hydrogen-bond donors (Lipinski definition) is 2. The number of pyridine rings is 1. The minimum Gasteiger partial charge on any atom is -0.494 e. The molecule has 3 N–H and O–H groups in total. The molecule has 0 radical (unpaired) electrons. The Morgan fingerprint density at radius 2 is 2.15 bits per heavy atom. The average molecular weight is 271 g/mol. The molecule has 0 saturated heterocycles. The summed E-state index contributed by atoms with van der Waals surface area (Å²) < 4.78 is 5.55. The Morgan fingerprint density at radius 1 is 1.30 bits per heavy atom. The summed E-state index contributed by atoms with van der Waals surface area (Å²) in [5.41, 5.74) is 8.15. The zero-order chi connectivity index (χ0) is 14.4. The van der Waals surface area contributed by atoms with Gasteiger partial charge in [-0.05, 0) is 49.7 Å². The number of hydrogen-bond acceptors (Lipinski definition) is 4. The number of nitrogens with zero attached hydrogens (tertiary/aromatic N) is 1. The van der Waals surface area contributed by atoms with Gasteiger partial charge in [0.15, 0.2) is 0 Å². The second kappa shape index (κ2) is 6.91. The summed E-state index contributed by atoms with van der Waals surface area (Å²) >= 11 is 0. The highest BCUT2D eigenvalue weighted by Gasteiger charge is 2.12. The lowest BCUT2D eigenvalue weighted by Crippen LogP contribution is -2.19. The van der Waals surface area contributed by atoms with Gasteiger partial charge < -0.3 is 15.8 Å². The van der Waals surface area contributed by atoms with Crippen LogP contribution in [-0.4, -0.2) is 18.6 Å². The molecule has 2 rings (SSSR count). The number of nitrogens with one attached hydrogen (secondary N) is 1. The lowest BCUT2D eigenvalue weighted by molar-refractivity contribution is 0.339. The van der Waals surface area contributed by atoms with Crippen LogP contribution in [0.3, 0.4) is 0 Å². The second-order valence-corrected chi connectivity index (χ2v) is 4.60. The average Bonchev–Trinajstić information content (AvgIpc) is 2.47. The maximum absolute atomic E-state index is 5.92. The Labute approximate surface area is 120 Å². The predicted molar refractivity (Wildman–Crippen MR) is 81.8 cm³/mol. The highest BCUT2D eigenvalue weighted by Crippen LogP contribution is 2.23. The molecular weight excluding hydrogens is 250 g/mol. The van der Waals surface area contributed by atoms with Gasteiger partial charge in [0.05, 0.1) is 6.61 Å². The highest BCUT2D eigenvalue weighted by atomic mass is 16.5. The van der Waals surface area contributed by atoms with Crippen molar-refractivity contribution in [1.82, 2.24) is 10.3 Å². The van der Waals surface area contributed by atoms with Crippen LogP contribution in [0.4, 0.5) is 5.82 Å². The van der Waals surface area contributed by atoms with Crippen LogP contribution in [0.25, 0.3) is 0 Å². The lowest BCUT2D eigenvalue weighted by atomic mass is 9.99. The molecule has 1 aromatic heterocycles. The Hall–Kier alpha value is -2.07. The van der Waals surface area contributed by atoms with Crippen molar-refractivity contribution in [1.29, 1.82) is 0 Å². The smallest absolute Gasteiger partial charge is 0.126 e. The molecule has 2 aromatic rings. The molecular formula is C16H21N3O. The van der Waals surface area contributed by atoms with Crippen LogP contribution in [0, 0.1) is 0 Å². The first-order valence-electron chi connectivity index (χ1n) is 6.84. The minimum absolute atomic E-state index is 0.182. The summed E-state index contributed by atoms with van der Waals surface area (Å²) in [7, 11) is 1.95. The molecule has 1 heterocycles. The zero-order valence-corrected chi connectivity index (χ0v) is 12.0. The molecule has 0 aliphatic heterocycles. The lowest BCUT2D eigenvalue weighted by Gasteiger charge is -2.18. The molecule has 0 spiro atoms. The van der Waals surface area contributed by atoms with Crippen molar-refractivity contribution in [3.05, 3.63) is 53.7 Å². The molecule has 1 aromatic carbocycles. The number of nitrogen functional groups attached to an aromatic ring is 1. The molecule has 1 atom stereocenters. The number of nitrogens with two attached hydrogens (primary N) is 1. The number of anilines is 1. The van der Waals surface area contributed by atoms with Crippen LogP contribution >= 0.6 is 0 Å². The van der Waals surface area contributed by atoms with Gasteiger partial charge in [-0.1, -0.05) is 18.2 Å². The third-order valence-electron chi connectivity index (χ3n) is 3.27. The van der Waals surface area contributed by atoms with E-state index in [-0.39, 0.29) is 6.04 Å². The van der Waals surface area contributed by atoms with Gasteiger partial charge in [-0.25, -0.2) is 4.98 Å². The van der Waals surface area contributed by atoms with E-state index in [0.717, 1.165) is 17.7 Å². The maximum atomic E-state index is 5.92. The number of ether oxygens (including phenoxy) is 1. The normalized spacial score (nSPS) is 12.1. The SMILES string of the molecule is CCOc1cccc(C(Cc2cccnc2N)NC)c1. The van der Waals surface area contributed by atoms with Crippen LogP contribution in [0.5, 0.6) is 5.75 Å². The third-order valence-corrected chi connectivity index (χ3v) is 3.27. The second-order valence-electron chi connectivity index (χ2n) is 4.60. The number of benzene rings is 1. The van der Waals surface area contributed by atoms with Crippen LogP contribution in [0.15, 0.2) is 42.6 Å². The van der Waals surface area contributed by atoms with Crippen LogP contribution in [0.2, 0.25) is 0 Å². The Morgan fingerprint density at radius 3 is 2.85 bits per heavy atom. The highest BCUT2D eigenvalue weighted by molar-refractivity contribution is 5.40. The van der Waals surface area contributed by atoms with E-state index in [2.05, 4.69) is 22.4 Å². The first-order valence-corrected chi connectivity index (χ1v) is 6.84. The van der Waals surface area contributed by atoms with Crippen LogP contribution in [0.1, 0.15) is 24.1 Å². The van der Waals surface area contributed by atoms with Crippen molar-refractivity contribution in [2.75, 3.05) is 19.4 Å². The summed E-state index contributed by atoms with van der Waals surface area (Å²) in [4.78, 5) is 4.13. The largest absolute Gasteiger partial charge is 0.494 e. The van der Waals surface area contributed by atoms with Crippen molar-refractivity contribution in [3.63, 3.8) is 0 Å². The van der Waals surface area contributed by atoms with Gasteiger partial charge >= 0.3 is 0 Å². The standard InChI is InChI=1S/C16H21N3O/c1-3-20-14-8-4-6-12(10-14)15(18-2)11-13-7-5-9-19-16(13)17/h4-10,15,18H,3,11H2,1-2H3,(H2,17,19). The van der Waals surface area contributed by atoms with Crippen molar-refractivity contribution >= 4 is 5.82 Å². The van der Waals surface area contributed by atoms with Gasteiger partial charge in [-0.3, -0.25) is 0 Å². The topological polar surface area (TPSA) is 60.2 Å². The first-order chi connectivity index (χ1) is 9.74. The third kappa shape index (κ3) is 3.48. The fourth-order valence-electron chi connectivity index (χ4n) is 2.22. The number of aromatic nitrogens is 1. The number of likely N-dealkylation sites (N-methyl/N-ethyl adjacent to an activating group) is 1. The summed E-state index contributed by atoms with van der Waals surface area (Å²) in [5, 5.41) is 3.32. The molecule has 4 heteroatoms. The van der Waals surface area contributed by atoms with E-state index in [4.69, 9.17) is 10.5 Å². The first kappa shape index (κ1) is 14.3. The predicted octanol–water partition coefficient (Wildman–Crippen LogP) is 2.57. The van der Waals surface area contributed by atoms with Gasteiger partial charge in [-0.2, -0.15) is 0 Å². The van der Waals surface area contributed by atoms with Crippen molar-refractivity contribution < 1.29 is 4.74 Å². The summed E-state index contributed by atoms with van der Waals surface area (Å²) in [6.07, 6.45) is 2.51. The van der Waals surface area contributed by atoms with E-state index in [9.17, 15) is 0 Å². The van der Waals surface area contributed by atoms with Crippen molar-refractivity contribution in [2.45, 2.75) is 19.4 Å². The van der Waals surface area contributed by atoms with E-state index in [0.29, 0.717) is 12.4 Å². The molecule has 106 valence electrons. The Balaban J connectivity index is 2.20. The maximum Gasteiger partial charge on any atom is 0.126 e. The fraction of sp³-hybridized carbons (Fsp3) is 0.312. The summed E-state index contributed by atoms with van der Waals surface area (Å²) in [5.74, 6) is 1.48. The summed E-state index contributed by atoms with van der Waals surface area (Å²) in [6, 6.07) is 12.2. The van der Waals surface area contributed by atoms with Crippen molar-refractivity contribution in [3.8, 4) is 5.75 Å². The molecule has 4 nitrogen and oxygen atoms in total. The monoisotopic (exact) mass is 271 g/mol. The van der Waals surface area contributed by atoms with Gasteiger partial charge in [0.1, 0.15) is 11.6 Å². The number of rotatable bonds is 6. The molecule has 0 bridgehead atoms. The van der Waals surface area contributed by atoms with Crippen molar-refractivity contribution in [2.24, 2.45) is 0 Å². The van der Waals surface area contributed by atoms with Gasteiger partial charge in [-0.15, -0.1) is 0 Å². The minimum atomic E-state index is 0.182. The molecule has 0 aliphatic carbocycles. The van der Waals surface area contributed by atoms with E-state index in [1.165, 1.54) is 5.56 Å². The molecule has 0 amide bonds. The molecule has 0 saturated carbocycles. The van der Waals surface area contributed by atoms with Gasteiger partial charge in [0.2, 0.25) is 0 Å². The molecule has 20 heavy (non-hydrogen) atoms. The van der Waals surface area contributed by atoms with Gasteiger partial charge in [0.25, 0.3) is 0 Å². The van der Waals surface area contributed by atoms with E-state index >= 15 is 0 Å². The Bertz CT molecular complexity index is 557. The quantitative estimate of drug-likeness (QED) is 0.847. The summed E-state index contributed by atoms with van der Waals surface area (Å²) in [6.45, 7) is 2.65. The molecule has 0 fully saturated rings. The van der Waals surface area contributed by atoms with Gasteiger partial charge in [0, 0.05) is 12.2 Å². The Kier molecular flexibility index (Phi) is 4.96. The molecule has 0 aliphatic rings. The van der Waals surface area contributed by atoms with Crippen LogP contribution in [-0.2, 0) is 6.42 Å². The van der Waals surface area contributed by atoms with E-state index in [1.54, 1.807) is 6.20 Å². The fourth-order valence-corrected chi connectivity index (χ4v) is 2.22. The van der Waals surface area contributed by atoms with E-state index < -0.39 is 0 Å².